The summed E-state index contributed by atoms with van der Waals surface area (Å²) >= 11 is 4.94. The summed E-state index contributed by atoms with van der Waals surface area (Å²) in [6.45, 7) is 3.81. The van der Waals surface area contributed by atoms with Crippen LogP contribution in [0.2, 0.25) is 0 Å². The second-order valence-electron chi connectivity index (χ2n) is 3.82. The molecule has 0 fully saturated rings. The molecular weight excluding hydrogens is 304 g/mol. The first kappa shape index (κ1) is 12.7. The molecule has 4 nitrogen and oxygen atoms in total. The lowest BCUT2D eigenvalue weighted by atomic mass is 10.0. The Bertz CT molecular complexity index is 497. The second kappa shape index (κ2) is 5.29. The van der Waals surface area contributed by atoms with Gasteiger partial charge in [-0.2, -0.15) is 4.98 Å². The van der Waals surface area contributed by atoms with Gasteiger partial charge in [-0.15, -0.1) is 11.3 Å². The zero-order chi connectivity index (χ0) is 12.4. The van der Waals surface area contributed by atoms with Crippen molar-refractivity contribution < 1.29 is 9.63 Å². The van der Waals surface area contributed by atoms with E-state index in [4.69, 9.17) is 4.52 Å². The number of aliphatic hydroxyl groups is 1. The molecule has 0 amide bonds. The highest BCUT2D eigenvalue weighted by atomic mass is 79.9. The molecule has 6 heteroatoms. The first-order chi connectivity index (χ1) is 8.11. The maximum absolute atomic E-state index is 9.73. The number of halogens is 1. The molecule has 1 N–H and O–H groups in total. The molecular formula is C11H13BrN2O2S. The van der Waals surface area contributed by atoms with Crippen LogP contribution in [0.15, 0.2) is 20.4 Å². The quantitative estimate of drug-likeness (QED) is 0.938. The van der Waals surface area contributed by atoms with Crippen LogP contribution in [-0.4, -0.2) is 21.4 Å². The largest absolute Gasteiger partial charge is 0.392 e. The van der Waals surface area contributed by atoms with Crippen LogP contribution >= 0.6 is 27.3 Å². The standard InChI is InChI=1S/C11H13BrN2O2S/c1-3-7(15)6(2)11-13-10(14-16-11)8-4-5-9(12)17-8/h4-7,15H,3H2,1-2H3. The molecule has 2 rings (SSSR count). The Kier molecular flexibility index (Phi) is 3.96. The molecule has 0 saturated carbocycles. The Morgan fingerprint density at radius 1 is 1.53 bits per heavy atom. The van der Waals surface area contributed by atoms with E-state index in [0.717, 1.165) is 8.66 Å². The van der Waals surface area contributed by atoms with Gasteiger partial charge in [0.05, 0.1) is 20.7 Å². The number of aromatic nitrogens is 2. The van der Waals surface area contributed by atoms with Crippen molar-refractivity contribution in [1.82, 2.24) is 10.1 Å². The summed E-state index contributed by atoms with van der Waals surface area (Å²) in [6, 6.07) is 3.88. The summed E-state index contributed by atoms with van der Waals surface area (Å²) < 4.78 is 6.21. The molecule has 0 spiro atoms. The van der Waals surface area contributed by atoms with Crippen molar-refractivity contribution in [3.05, 3.63) is 21.8 Å². The number of hydrogen-bond donors (Lipinski definition) is 1. The van der Waals surface area contributed by atoms with Crippen LogP contribution in [-0.2, 0) is 0 Å². The average Bonchev–Trinajstić information content (AvgIpc) is 2.95. The van der Waals surface area contributed by atoms with Crippen LogP contribution in [0.5, 0.6) is 0 Å². The molecule has 2 atom stereocenters. The lowest BCUT2D eigenvalue weighted by Crippen LogP contribution is -2.14. The minimum atomic E-state index is -0.446. The first-order valence-corrected chi connectivity index (χ1v) is 7.00. The van der Waals surface area contributed by atoms with Gasteiger partial charge in [-0.1, -0.05) is 19.0 Å². The van der Waals surface area contributed by atoms with E-state index < -0.39 is 6.10 Å². The number of rotatable bonds is 4. The zero-order valence-corrected chi connectivity index (χ0v) is 12.0. The molecule has 0 bridgehead atoms. The number of hydrogen-bond acceptors (Lipinski definition) is 5. The third-order valence-electron chi connectivity index (χ3n) is 2.62. The number of aliphatic hydroxyl groups excluding tert-OH is 1. The molecule has 2 unspecified atom stereocenters. The Morgan fingerprint density at radius 2 is 2.29 bits per heavy atom. The summed E-state index contributed by atoms with van der Waals surface area (Å²) in [7, 11) is 0. The van der Waals surface area contributed by atoms with E-state index in [1.165, 1.54) is 0 Å². The van der Waals surface area contributed by atoms with E-state index in [0.29, 0.717) is 18.1 Å². The van der Waals surface area contributed by atoms with Crippen LogP contribution in [0.1, 0.15) is 32.1 Å². The second-order valence-corrected chi connectivity index (χ2v) is 6.29. The fourth-order valence-electron chi connectivity index (χ4n) is 1.47. The van der Waals surface area contributed by atoms with Crippen molar-refractivity contribution in [2.45, 2.75) is 32.3 Å². The van der Waals surface area contributed by atoms with Crippen molar-refractivity contribution in [2.75, 3.05) is 0 Å². The van der Waals surface area contributed by atoms with Crippen molar-refractivity contribution in [2.24, 2.45) is 0 Å². The summed E-state index contributed by atoms with van der Waals surface area (Å²) in [6.07, 6.45) is 0.224. The van der Waals surface area contributed by atoms with Crippen LogP contribution in [0.3, 0.4) is 0 Å². The van der Waals surface area contributed by atoms with Gasteiger partial charge in [0.15, 0.2) is 0 Å². The van der Waals surface area contributed by atoms with Crippen molar-refractivity contribution in [3.63, 3.8) is 0 Å². The van der Waals surface area contributed by atoms with E-state index >= 15 is 0 Å². The monoisotopic (exact) mass is 316 g/mol. The summed E-state index contributed by atoms with van der Waals surface area (Å²) in [4.78, 5) is 5.26. The SMILES string of the molecule is CCC(O)C(C)c1nc(-c2ccc(Br)s2)no1. The van der Waals surface area contributed by atoms with Gasteiger partial charge < -0.3 is 9.63 Å². The normalized spacial score (nSPS) is 14.8. The van der Waals surface area contributed by atoms with Crippen LogP contribution in [0, 0.1) is 0 Å². The lowest BCUT2D eigenvalue weighted by molar-refractivity contribution is 0.129. The number of nitrogens with zero attached hydrogens (tertiary/aromatic N) is 2. The van der Waals surface area contributed by atoms with E-state index in [1.807, 2.05) is 26.0 Å². The average molecular weight is 317 g/mol. The van der Waals surface area contributed by atoms with Crippen molar-refractivity contribution >= 4 is 27.3 Å². The molecule has 0 aliphatic heterocycles. The molecule has 0 aliphatic rings. The van der Waals surface area contributed by atoms with Crippen molar-refractivity contribution in [3.8, 4) is 10.7 Å². The van der Waals surface area contributed by atoms with Crippen molar-refractivity contribution in [1.29, 1.82) is 0 Å². The van der Waals surface area contributed by atoms with E-state index in [1.54, 1.807) is 11.3 Å². The Morgan fingerprint density at radius 3 is 2.88 bits per heavy atom. The molecule has 2 heterocycles. The van der Waals surface area contributed by atoms with E-state index in [-0.39, 0.29) is 5.92 Å². The molecule has 0 saturated heterocycles. The molecule has 2 aromatic heterocycles. The van der Waals surface area contributed by atoms with Gasteiger partial charge in [-0.3, -0.25) is 0 Å². The van der Waals surface area contributed by atoms with Crippen LogP contribution < -0.4 is 0 Å². The van der Waals surface area contributed by atoms with Gasteiger partial charge in [0.1, 0.15) is 0 Å². The predicted octanol–water partition coefficient (Wildman–Crippen LogP) is 3.44. The Labute approximate surface area is 112 Å². The maximum atomic E-state index is 9.73. The van der Waals surface area contributed by atoms with Crippen LogP contribution in [0.25, 0.3) is 10.7 Å². The smallest absolute Gasteiger partial charge is 0.232 e. The summed E-state index contributed by atoms with van der Waals surface area (Å²) in [5.74, 6) is 0.925. The van der Waals surface area contributed by atoms with Gasteiger partial charge in [-0.25, -0.2) is 0 Å². The van der Waals surface area contributed by atoms with Gasteiger partial charge in [0, 0.05) is 0 Å². The summed E-state index contributed by atoms with van der Waals surface area (Å²) in [5, 5.41) is 13.7. The minimum absolute atomic E-state index is 0.135. The Balaban J connectivity index is 2.21. The van der Waals surface area contributed by atoms with Gasteiger partial charge in [-0.05, 0) is 34.5 Å². The number of thiophene rings is 1. The fourth-order valence-corrected chi connectivity index (χ4v) is 2.78. The lowest BCUT2D eigenvalue weighted by Gasteiger charge is -2.11. The van der Waals surface area contributed by atoms with Gasteiger partial charge >= 0.3 is 0 Å². The molecule has 17 heavy (non-hydrogen) atoms. The Hall–Kier alpha value is -0.720. The topological polar surface area (TPSA) is 59.2 Å². The highest BCUT2D eigenvalue weighted by Gasteiger charge is 2.21. The molecule has 2 aromatic rings. The van der Waals surface area contributed by atoms with E-state index in [9.17, 15) is 5.11 Å². The summed E-state index contributed by atoms with van der Waals surface area (Å²) in [5.41, 5.74) is 0. The predicted molar refractivity (Wildman–Crippen MR) is 70.0 cm³/mol. The highest BCUT2D eigenvalue weighted by molar-refractivity contribution is 9.11. The molecule has 92 valence electrons. The minimum Gasteiger partial charge on any atom is -0.392 e. The van der Waals surface area contributed by atoms with Gasteiger partial charge in [0.25, 0.3) is 0 Å². The molecule has 0 aliphatic carbocycles. The zero-order valence-electron chi connectivity index (χ0n) is 9.55. The van der Waals surface area contributed by atoms with Crippen LogP contribution in [0.4, 0.5) is 0 Å². The third kappa shape index (κ3) is 2.75. The highest BCUT2D eigenvalue weighted by Crippen LogP contribution is 2.30. The maximum Gasteiger partial charge on any atom is 0.232 e. The molecule has 0 aromatic carbocycles. The van der Waals surface area contributed by atoms with Gasteiger partial charge in [0.2, 0.25) is 11.7 Å². The third-order valence-corrected chi connectivity index (χ3v) is 4.24. The van der Waals surface area contributed by atoms with E-state index in [2.05, 4.69) is 26.1 Å². The molecule has 0 radical (unpaired) electrons. The fraction of sp³-hybridized carbons (Fsp3) is 0.455. The first-order valence-electron chi connectivity index (χ1n) is 5.39.